The van der Waals surface area contributed by atoms with Crippen molar-refractivity contribution in [2.75, 3.05) is 26.4 Å². The van der Waals surface area contributed by atoms with E-state index in [1.807, 2.05) is 0 Å². The van der Waals surface area contributed by atoms with Gasteiger partial charge in [-0.2, -0.15) is 36.9 Å². The van der Waals surface area contributed by atoms with Gasteiger partial charge in [0.25, 0.3) is 0 Å². The van der Waals surface area contributed by atoms with Crippen molar-refractivity contribution in [2.45, 2.75) is 25.2 Å². The summed E-state index contributed by atoms with van der Waals surface area (Å²) in [6.45, 7) is -2.85. The fourth-order valence-electron chi connectivity index (χ4n) is 0.611. The Kier molecular flexibility index (Phi) is 21.7. The molecule has 140 valence electrons. The summed E-state index contributed by atoms with van der Waals surface area (Å²) >= 11 is -0.472. The zero-order valence-corrected chi connectivity index (χ0v) is 15.1. The molecule has 0 spiro atoms. The molecular weight excluding hydrogens is 560 g/mol. The van der Waals surface area contributed by atoms with E-state index in [-0.39, 0.29) is 26.1 Å². The Balaban J connectivity index is -0.000000297. The first-order valence-corrected chi connectivity index (χ1v) is 11.0. The minimum atomic E-state index is -4.28. The predicted molar refractivity (Wildman–Crippen MR) is 65.9 cm³/mol. The molecule has 0 radical (unpaired) electrons. The van der Waals surface area contributed by atoms with E-state index in [0.29, 0.717) is 0 Å². The second-order valence-corrected chi connectivity index (χ2v) is 6.48. The summed E-state index contributed by atoms with van der Waals surface area (Å²) in [6, 6.07) is 3.32. The average molecular weight is 572 g/mol. The Bertz CT molecular complexity index is 312. The monoisotopic (exact) mass is 571 g/mol. The maximum atomic E-state index is 11.3. The predicted octanol–water partition coefficient (Wildman–Crippen LogP) is 4.33. The van der Waals surface area contributed by atoms with Gasteiger partial charge in [-0.05, 0) is 0 Å². The van der Waals surface area contributed by atoms with Crippen molar-refractivity contribution in [3.05, 3.63) is 0 Å². The summed E-state index contributed by atoms with van der Waals surface area (Å²) < 4.78 is 75.8. The van der Waals surface area contributed by atoms with Gasteiger partial charge in [0.1, 0.15) is 13.2 Å². The van der Waals surface area contributed by atoms with Gasteiger partial charge >= 0.3 is 47.7 Å². The van der Waals surface area contributed by atoms with Crippen LogP contribution in [0.2, 0.25) is 0 Å². The molecule has 0 aliphatic rings. The van der Waals surface area contributed by atoms with Crippen LogP contribution in [0.5, 0.6) is 0 Å². The summed E-state index contributed by atoms with van der Waals surface area (Å²) in [5.41, 5.74) is 0. The van der Waals surface area contributed by atoms with Crippen LogP contribution in [0.25, 0.3) is 0 Å². The van der Waals surface area contributed by atoms with Crippen molar-refractivity contribution >= 4 is 18.8 Å². The molecule has 0 heterocycles. The van der Waals surface area contributed by atoms with Gasteiger partial charge in [-0.1, -0.05) is 0 Å². The number of hydrogen-bond donors (Lipinski definition) is 0. The molecule has 0 aliphatic heterocycles. The molecule has 0 saturated carbocycles. The van der Waals surface area contributed by atoms with Crippen LogP contribution in [0.1, 0.15) is 12.8 Å². The summed E-state index contributed by atoms with van der Waals surface area (Å²) in [5.74, 6) is 0. The molecule has 0 bridgehead atoms. The van der Waals surface area contributed by atoms with Crippen molar-refractivity contribution in [1.29, 1.82) is 10.5 Å². The second kappa shape index (κ2) is 18.1. The zero-order valence-electron chi connectivity index (χ0n) is 11.3. The number of rotatable bonds is 6. The van der Waals surface area contributed by atoms with E-state index in [1.54, 1.807) is 12.1 Å². The van der Waals surface area contributed by atoms with Crippen molar-refractivity contribution in [2.24, 2.45) is 0 Å². The topological polar surface area (TPSA) is 66.0 Å². The van der Waals surface area contributed by atoms with E-state index in [4.69, 9.17) is 29.4 Å². The molecule has 4 nitrogen and oxygen atoms in total. The Morgan fingerprint density at radius 1 is 0.783 bits per heavy atom. The molecule has 23 heavy (non-hydrogen) atoms. The van der Waals surface area contributed by atoms with Crippen molar-refractivity contribution in [1.82, 2.24) is 0 Å². The van der Waals surface area contributed by atoms with Gasteiger partial charge in [0.2, 0.25) is 0 Å². The first-order valence-electron chi connectivity index (χ1n) is 5.39. The fourth-order valence-corrected chi connectivity index (χ4v) is 0.611. The average Bonchev–Trinajstić information content (AvgIpc) is 2.39. The fraction of sp³-hybridized carbons (Fsp3) is 0.800. The van der Waals surface area contributed by atoms with Crippen LogP contribution >= 0.6 is 18.8 Å². The van der Waals surface area contributed by atoms with Crippen molar-refractivity contribution in [3.63, 3.8) is 0 Å². The number of hydrogen-bond acceptors (Lipinski definition) is 4. The first kappa shape index (κ1) is 27.6. The molecule has 0 atom stereocenters. The van der Waals surface area contributed by atoms with E-state index in [1.165, 1.54) is 0 Å². The van der Waals surface area contributed by atoms with Gasteiger partial charge in [-0.15, -0.1) is 0 Å². The van der Waals surface area contributed by atoms with Crippen LogP contribution in [0.15, 0.2) is 0 Å². The van der Waals surface area contributed by atoms with Gasteiger partial charge in [-0.25, -0.2) is 0 Å². The van der Waals surface area contributed by atoms with Crippen LogP contribution < -0.4 is 0 Å². The molecule has 0 unspecified atom stereocenters. The number of halogens is 8. The number of nitrogens with zero attached hydrogens (tertiary/aromatic N) is 2. The number of nitriles is 2. The quantitative estimate of drug-likeness (QED) is 0.351. The van der Waals surface area contributed by atoms with E-state index >= 15 is 0 Å². The molecule has 0 amide bonds. The number of ether oxygens (including phenoxy) is 2. The molecule has 0 aromatic heterocycles. The van der Waals surface area contributed by atoms with Gasteiger partial charge in [-0.3, -0.25) is 0 Å². The number of alkyl halides is 6. The van der Waals surface area contributed by atoms with Crippen LogP contribution in [0.4, 0.5) is 26.3 Å². The van der Waals surface area contributed by atoms with E-state index < -0.39 is 42.0 Å². The third-order valence-corrected chi connectivity index (χ3v) is 1.25. The molecule has 0 fully saturated rings. The molecule has 0 aliphatic carbocycles. The molecule has 0 N–H and O–H groups in total. The molecule has 13 heteroatoms. The van der Waals surface area contributed by atoms with Gasteiger partial charge in [0.05, 0.1) is 38.2 Å². The Labute approximate surface area is 145 Å². The molecule has 0 aromatic carbocycles. The molecule has 0 rings (SSSR count). The maximum absolute atomic E-state index is 11.3. The van der Waals surface area contributed by atoms with E-state index in [9.17, 15) is 26.3 Å². The standard InChI is InChI=1S/2C5H6F3NO.2ClH.Pt/c2*6-5(7,8)4-10-3-1-2-9;;;/h2*1,3-4H2;2*1H;/q;;;;+2/p-2. The van der Waals surface area contributed by atoms with Crippen LogP contribution in [-0.4, -0.2) is 38.8 Å². The molecule has 0 saturated heterocycles. The van der Waals surface area contributed by atoms with Gasteiger partial charge in [0, 0.05) is 0 Å². The third kappa shape index (κ3) is 44.9. The Hall–Kier alpha value is -0.252. The van der Waals surface area contributed by atoms with Crippen LogP contribution in [-0.2, 0) is 26.0 Å². The SMILES string of the molecule is N#CCCOCC(F)(F)F.N#CCCOCC(F)(F)F.[Cl][Pt][Cl]. The van der Waals surface area contributed by atoms with E-state index in [0.717, 1.165) is 0 Å². The van der Waals surface area contributed by atoms with Gasteiger partial charge in [0.15, 0.2) is 0 Å². The summed E-state index contributed by atoms with van der Waals surface area (Å²) in [4.78, 5) is 0. The Morgan fingerprint density at radius 2 is 1.04 bits per heavy atom. The Morgan fingerprint density at radius 3 is 1.22 bits per heavy atom. The molecular formula is C10H12Cl2F6N2O2Pt. The zero-order chi connectivity index (χ0) is 18.8. The second-order valence-electron chi connectivity index (χ2n) is 3.20. The normalized spacial score (nSPS) is 10.5. The van der Waals surface area contributed by atoms with E-state index in [2.05, 4.69) is 9.47 Å². The van der Waals surface area contributed by atoms with Gasteiger partial charge < -0.3 is 9.47 Å². The summed E-state index contributed by atoms with van der Waals surface area (Å²) in [5, 5.41) is 15.8. The van der Waals surface area contributed by atoms with Crippen LogP contribution in [0.3, 0.4) is 0 Å². The summed E-state index contributed by atoms with van der Waals surface area (Å²) in [6.07, 6.45) is -8.57. The first-order chi connectivity index (χ1) is 10.5. The minimum absolute atomic E-state index is 0.00389. The van der Waals surface area contributed by atoms with Crippen molar-refractivity contribution in [3.8, 4) is 12.1 Å². The molecule has 0 aromatic rings. The summed E-state index contributed by atoms with van der Waals surface area (Å²) in [7, 11) is 9.75. The third-order valence-electron chi connectivity index (χ3n) is 1.25. The van der Waals surface area contributed by atoms with Crippen LogP contribution in [0, 0.1) is 22.7 Å². The van der Waals surface area contributed by atoms with Crippen molar-refractivity contribution < 1.29 is 52.3 Å².